The molecule has 8 aromatic rings. The van der Waals surface area contributed by atoms with Crippen molar-refractivity contribution in [2.24, 2.45) is 14.1 Å². The van der Waals surface area contributed by atoms with Gasteiger partial charge < -0.3 is 19.3 Å². The van der Waals surface area contributed by atoms with E-state index in [4.69, 9.17) is 60.6 Å². The number of fused-ring (bicyclic) bond motifs is 2. The molecule has 0 radical (unpaired) electrons. The summed E-state index contributed by atoms with van der Waals surface area (Å²) in [7, 11) is 3.64. The number of hydrogen-bond acceptors (Lipinski definition) is 10. The van der Waals surface area contributed by atoms with Crippen LogP contribution in [0.3, 0.4) is 0 Å². The Hall–Kier alpha value is -5.18. The number of alkyl halides is 1. The maximum absolute atomic E-state index is 9.54. The van der Waals surface area contributed by atoms with E-state index in [0.717, 1.165) is 39.0 Å². The Balaban J connectivity index is 0.000000165. The van der Waals surface area contributed by atoms with E-state index in [9.17, 15) is 5.11 Å². The van der Waals surface area contributed by atoms with E-state index >= 15 is 0 Å². The lowest BCUT2D eigenvalue weighted by molar-refractivity contribution is 0.286. The normalized spacial score (nSPS) is 10.8. The van der Waals surface area contributed by atoms with Gasteiger partial charge in [-0.2, -0.15) is 10.2 Å². The number of rotatable bonds is 10. The molecule has 0 atom stereocenters. The van der Waals surface area contributed by atoms with Crippen LogP contribution in [0.2, 0.25) is 20.4 Å². The van der Waals surface area contributed by atoms with Gasteiger partial charge in [0, 0.05) is 41.6 Å². The minimum Gasteiger partial charge on any atom is -0.508 e. The van der Waals surface area contributed by atoms with Gasteiger partial charge in [-0.15, -0.1) is 0 Å². The number of aromatic hydroxyl groups is 1. The summed E-state index contributed by atoms with van der Waals surface area (Å²) in [5.41, 5.74) is 6.87. The Morgan fingerprint density at radius 3 is 1.56 bits per heavy atom. The molecule has 17 heteroatoms. The van der Waals surface area contributed by atoms with E-state index in [-0.39, 0.29) is 12.4 Å². The minimum absolute atomic E-state index is 0.242. The Morgan fingerprint density at radius 1 is 0.576 bits per heavy atom. The zero-order valence-corrected chi connectivity index (χ0v) is 36.8. The third-order valence-electron chi connectivity index (χ3n) is 8.76. The summed E-state index contributed by atoms with van der Waals surface area (Å²) in [6, 6.07) is 26.1. The van der Waals surface area contributed by atoms with Crippen LogP contribution >= 0.6 is 62.3 Å². The number of nitrogens with zero attached hydrogens (tertiary/aromatic N) is 8. The summed E-state index contributed by atoms with van der Waals surface area (Å²) in [4.78, 5) is 16.3. The smallest absolute Gasteiger partial charge is 0.162 e. The molecule has 0 aliphatic carbocycles. The van der Waals surface area contributed by atoms with Gasteiger partial charge in [0.1, 0.15) is 71.5 Å². The number of benzene rings is 4. The zero-order chi connectivity index (χ0) is 42.1. The first-order chi connectivity index (χ1) is 28.4. The zero-order valence-electron chi connectivity index (χ0n) is 32.2. The second-order valence-corrected chi connectivity index (χ2v) is 15.1. The summed E-state index contributed by atoms with van der Waals surface area (Å²) >= 11 is 27.2. The average molecular weight is 940 g/mol. The molecule has 59 heavy (non-hydrogen) atoms. The van der Waals surface area contributed by atoms with Crippen molar-refractivity contribution in [2.45, 2.75) is 39.0 Å². The highest BCUT2D eigenvalue weighted by Gasteiger charge is 2.16. The molecule has 0 bridgehead atoms. The number of halogens is 5. The molecule has 4 heterocycles. The predicted molar refractivity (Wildman–Crippen MR) is 235 cm³/mol. The second-order valence-electron chi connectivity index (χ2n) is 13.0. The van der Waals surface area contributed by atoms with Crippen molar-refractivity contribution >= 4 is 84.4 Å². The van der Waals surface area contributed by atoms with E-state index < -0.39 is 0 Å². The number of aryl methyl sites for hydroxylation is 4. The van der Waals surface area contributed by atoms with Crippen LogP contribution in [0.5, 0.6) is 23.0 Å². The van der Waals surface area contributed by atoms with Crippen LogP contribution in [-0.4, -0.2) is 44.6 Å². The largest absolute Gasteiger partial charge is 0.508 e. The first-order valence-electron chi connectivity index (χ1n) is 17.9. The molecular formula is C42H37BrCl4N8O4. The lowest BCUT2D eigenvalue weighted by atomic mass is 10.2. The first-order valence-corrected chi connectivity index (χ1v) is 20.5. The van der Waals surface area contributed by atoms with Crippen molar-refractivity contribution in [1.29, 1.82) is 0 Å². The standard InChI is InChI=1S/C21H18Cl2N4O2.C14H13ClO2.C7H6BrClN4/c1-13-3-8-16(28-10-14-4-6-15(22)7-5-14)9-18(13)29-11-17-19-20(23)24-12-25-21(19)27(2)26-17;1-10-2-7-13(8-14(10)16)17-9-11-3-5-12(15)6-4-11;1-13-7-5(4(2-8)12-13)6(9)10-3-11-7/h3-9,12H,10-11H2,1-2H3;2-8,16H,9H2,1H3;3H,2H2,1H3. The fraction of sp³-hybridized carbons (Fsp3) is 0.190. The summed E-state index contributed by atoms with van der Waals surface area (Å²) < 4.78 is 20.8. The van der Waals surface area contributed by atoms with Gasteiger partial charge in [0.25, 0.3) is 0 Å². The highest BCUT2D eigenvalue weighted by Crippen LogP contribution is 2.29. The molecule has 0 spiro atoms. The molecule has 304 valence electrons. The van der Waals surface area contributed by atoms with Crippen LogP contribution in [0.1, 0.15) is 33.6 Å². The van der Waals surface area contributed by atoms with Crippen LogP contribution in [0.4, 0.5) is 0 Å². The molecule has 12 nitrogen and oxygen atoms in total. The van der Waals surface area contributed by atoms with Gasteiger partial charge in [0.05, 0.1) is 16.5 Å². The van der Waals surface area contributed by atoms with E-state index in [1.54, 1.807) is 15.4 Å². The molecule has 0 saturated carbocycles. The Morgan fingerprint density at radius 2 is 1.05 bits per heavy atom. The number of phenols is 1. The van der Waals surface area contributed by atoms with Crippen LogP contribution in [-0.2, 0) is 39.2 Å². The maximum atomic E-state index is 9.54. The molecule has 0 fully saturated rings. The number of ether oxygens (including phenoxy) is 3. The molecule has 0 saturated heterocycles. The lowest BCUT2D eigenvalue weighted by Crippen LogP contribution is -2.01. The lowest BCUT2D eigenvalue weighted by Gasteiger charge is -2.12. The minimum atomic E-state index is 0.242. The van der Waals surface area contributed by atoms with E-state index in [1.165, 1.54) is 12.7 Å². The fourth-order valence-electron chi connectivity index (χ4n) is 5.59. The van der Waals surface area contributed by atoms with Crippen molar-refractivity contribution in [3.8, 4) is 23.0 Å². The van der Waals surface area contributed by atoms with Gasteiger partial charge in [-0.1, -0.05) is 98.7 Å². The molecule has 4 aromatic carbocycles. The Labute approximate surface area is 368 Å². The number of phenolic OH excluding ortho intramolecular Hbond substituents is 1. The second kappa shape index (κ2) is 20.2. The van der Waals surface area contributed by atoms with Crippen LogP contribution in [0, 0.1) is 13.8 Å². The monoisotopic (exact) mass is 936 g/mol. The van der Waals surface area contributed by atoms with Gasteiger partial charge in [0.2, 0.25) is 0 Å². The first kappa shape index (κ1) is 43.4. The van der Waals surface area contributed by atoms with Crippen molar-refractivity contribution in [3.63, 3.8) is 0 Å². The topological polar surface area (TPSA) is 135 Å². The van der Waals surface area contributed by atoms with Crippen molar-refractivity contribution in [1.82, 2.24) is 39.5 Å². The average Bonchev–Trinajstić information content (AvgIpc) is 3.75. The van der Waals surface area contributed by atoms with Crippen LogP contribution < -0.4 is 14.2 Å². The van der Waals surface area contributed by atoms with Gasteiger partial charge >= 0.3 is 0 Å². The molecule has 0 unspecified atom stereocenters. The fourth-order valence-corrected chi connectivity index (χ4v) is 6.71. The molecule has 1 N–H and O–H groups in total. The molecule has 0 aliphatic heterocycles. The van der Waals surface area contributed by atoms with Crippen LogP contribution in [0.25, 0.3) is 22.1 Å². The molecule has 8 rings (SSSR count). The third kappa shape index (κ3) is 11.3. The van der Waals surface area contributed by atoms with Crippen LogP contribution in [0.15, 0.2) is 97.6 Å². The quantitative estimate of drug-likeness (QED) is 0.104. The summed E-state index contributed by atoms with van der Waals surface area (Å²) in [6.45, 7) is 4.96. The SMILES string of the molecule is Cc1ccc(OCc2ccc(Cl)cc2)cc1O.Cc1ccc(OCc2ccc(Cl)cc2)cc1OCc1nn(C)c2ncnc(Cl)c12.Cn1nc(CBr)c2c(Cl)ncnc21. The highest BCUT2D eigenvalue weighted by atomic mass is 79.9. The summed E-state index contributed by atoms with van der Waals surface area (Å²) in [5, 5.41) is 22.6. The molecule has 0 aliphatic rings. The van der Waals surface area contributed by atoms with E-state index in [2.05, 4.69) is 46.1 Å². The third-order valence-corrected chi connectivity index (χ3v) is 10.4. The van der Waals surface area contributed by atoms with Gasteiger partial charge in [0.15, 0.2) is 11.3 Å². The summed E-state index contributed by atoms with van der Waals surface area (Å²) in [6.07, 6.45) is 2.85. The summed E-state index contributed by atoms with van der Waals surface area (Å²) in [5.74, 6) is 2.33. The van der Waals surface area contributed by atoms with Crippen molar-refractivity contribution in [3.05, 3.63) is 152 Å². The van der Waals surface area contributed by atoms with Gasteiger partial charge in [-0.3, -0.25) is 4.68 Å². The van der Waals surface area contributed by atoms with E-state index in [0.29, 0.717) is 72.9 Å². The highest BCUT2D eigenvalue weighted by molar-refractivity contribution is 9.08. The van der Waals surface area contributed by atoms with E-state index in [1.807, 2.05) is 107 Å². The van der Waals surface area contributed by atoms with Gasteiger partial charge in [-0.25, -0.2) is 24.6 Å². The number of hydrogen-bond donors (Lipinski definition) is 1. The maximum Gasteiger partial charge on any atom is 0.162 e. The van der Waals surface area contributed by atoms with Crippen molar-refractivity contribution in [2.75, 3.05) is 0 Å². The van der Waals surface area contributed by atoms with Crippen molar-refractivity contribution < 1.29 is 19.3 Å². The Kier molecular flexibility index (Phi) is 14.9. The molecular weight excluding hydrogens is 902 g/mol. The number of aromatic nitrogens is 8. The predicted octanol–water partition coefficient (Wildman–Crippen LogP) is 11.0. The van der Waals surface area contributed by atoms with Gasteiger partial charge in [-0.05, 0) is 72.5 Å². The molecule has 4 aromatic heterocycles. The molecule has 0 amide bonds. The Bertz CT molecular complexity index is 2680.